The fourth-order valence-corrected chi connectivity index (χ4v) is 7.57. The first-order valence-electron chi connectivity index (χ1n) is 25.1. The minimum atomic E-state index is -0.864. The molecule has 0 aromatic rings. The van der Waals surface area contributed by atoms with Crippen molar-refractivity contribution < 1.29 is 24.5 Å². The Bertz CT molecular complexity index is 889. The Morgan fingerprint density at radius 3 is 1.25 bits per heavy atom. The standard InChI is InChI=1S/C51H97NO5/c1-3-5-7-9-11-13-15-17-19-20-22-24-29-33-37-41-45-51(56)57-46-42-38-34-30-26-25-28-32-36-40-44-50(55)52-48(47-53)49(54)43-39-35-31-27-23-21-18-16-14-12-10-8-6-4-2/h26,30,39,43,48-49,53-54H,3-25,27-29,31-38,40-42,44-47H2,1-2H3,(H,52,55)/b30-26-,43-39+. The highest BCUT2D eigenvalue weighted by atomic mass is 16.5. The Kier molecular flexibility index (Phi) is 45.7. The van der Waals surface area contributed by atoms with Crippen molar-refractivity contribution in [3.63, 3.8) is 0 Å². The van der Waals surface area contributed by atoms with Crippen LogP contribution in [0.15, 0.2) is 24.3 Å². The fourth-order valence-electron chi connectivity index (χ4n) is 7.57. The van der Waals surface area contributed by atoms with Crippen molar-refractivity contribution in [2.75, 3.05) is 13.2 Å². The van der Waals surface area contributed by atoms with E-state index in [1.165, 1.54) is 161 Å². The fraction of sp³-hybridized carbons (Fsp3) is 0.882. The lowest BCUT2D eigenvalue weighted by atomic mass is 10.0. The Morgan fingerprint density at radius 2 is 0.825 bits per heavy atom. The molecule has 0 aromatic carbocycles. The van der Waals surface area contributed by atoms with E-state index >= 15 is 0 Å². The van der Waals surface area contributed by atoms with Crippen LogP contribution in [0.3, 0.4) is 0 Å². The van der Waals surface area contributed by atoms with Crippen molar-refractivity contribution in [3.05, 3.63) is 24.3 Å². The molecule has 0 heterocycles. The molecule has 0 aliphatic carbocycles. The molecule has 6 heteroatoms. The van der Waals surface area contributed by atoms with E-state index in [9.17, 15) is 19.8 Å². The van der Waals surface area contributed by atoms with Gasteiger partial charge in [-0.2, -0.15) is 0 Å². The maximum atomic E-state index is 12.4. The molecule has 0 saturated carbocycles. The van der Waals surface area contributed by atoms with Crippen LogP contribution < -0.4 is 5.32 Å². The summed E-state index contributed by atoms with van der Waals surface area (Å²) in [4.78, 5) is 24.4. The van der Waals surface area contributed by atoms with E-state index in [1.54, 1.807) is 6.08 Å². The van der Waals surface area contributed by atoms with Gasteiger partial charge in [-0.05, 0) is 57.8 Å². The number of hydrogen-bond acceptors (Lipinski definition) is 5. The van der Waals surface area contributed by atoms with E-state index < -0.39 is 12.1 Å². The van der Waals surface area contributed by atoms with Gasteiger partial charge in [0.2, 0.25) is 5.91 Å². The van der Waals surface area contributed by atoms with Crippen molar-refractivity contribution in [1.82, 2.24) is 5.32 Å². The number of rotatable bonds is 46. The first-order valence-corrected chi connectivity index (χ1v) is 25.1. The second-order valence-corrected chi connectivity index (χ2v) is 17.1. The summed E-state index contributed by atoms with van der Waals surface area (Å²) in [6.45, 7) is 4.81. The van der Waals surface area contributed by atoms with Crippen LogP contribution in [0, 0.1) is 0 Å². The zero-order valence-corrected chi connectivity index (χ0v) is 38.1. The van der Waals surface area contributed by atoms with Crippen molar-refractivity contribution in [2.45, 2.75) is 276 Å². The van der Waals surface area contributed by atoms with Gasteiger partial charge in [-0.1, -0.05) is 218 Å². The van der Waals surface area contributed by atoms with Gasteiger partial charge in [0, 0.05) is 12.8 Å². The predicted octanol–water partition coefficient (Wildman–Crippen LogP) is 14.7. The van der Waals surface area contributed by atoms with E-state index in [4.69, 9.17) is 4.74 Å². The van der Waals surface area contributed by atoms with Crippen LogP contribution in [-0.2, 0) is 14.3 Å². The van der Waals surface area contributed by atoms with Crippen molar-refractivity contribution in [3.8, 4) is 0 Å². The molecule has 0 aliphatic rings. The molecular weight excluding hydrogens is 707 g/mol. The zero-order chi connectivity index (χ0) is 41.5. The Balaban J connectivity index is 3.54. The number of aliphatic hydroxyl groups is 2. The minimum Gasteiger partial charge on any atom is -0.466 e. The number of hydrogen-bond donors (Lipinski definition) is 3. The maximum absolute atomic E-state index is 12.4. The van der Waals surface area contributed by atoms with Crippen molar-refractivity contribution in [1.29, 1.82) is 0 Å². The third kappa shape index (κ3) is 43.7. The Labute approximate surface area is 354 Å². The highest BCUT2D eigenvalue weighted by Gasteiger charge is 2.18. The molecule has 336 valence electrons. The molecule has 6 nitrogen and oxygen atoms in total. The summed E-state index contributed by atoms with van der Waals surface area (Å²) in [5.41, 5.74) is 0. The molecule has 2 unspecified atom stereocenters. The third-order valence-corrected chi connectivity index (χ3v) is 11.5. The summed E-state index contributed by atoms with van der Waals surface area (Å²) in [5, 5.41) is 23.0. The lowest BCUT2D eigenvalue weighted by Crippen LogP contribution is -2.45. The average Bonchev–Trinajstić information content (AvgIpc) is 3.21. The number of aliphatic hydroxyl groups excluding tert-OH is 2. The van der Waals surface area contributed by atoms with Gasteiger partial charge >= 0.3 is 5.97 Å². The number of carbonyl (C=O) groups is 2. The highest BCUT2D eigenvalue weighted by molar-refractivity contribution is 5.76. The van der Waals surface area contributed by atoms with Crippen LogP contribution in [0.1, 0.15) is 264 Å². The number of amides is 1. The molecule has 0 bridgehead atoms. The molecule has 0 rings (SSSR count). The van der Waals surface area contributed by atoms with Gasteiger partial charge in [-0.25, -0.2) is 0 Å². The van der Waals surface area contributed by atoms with E-state index in [0.29, 0.717) is 19.4 Å². The minimum absolute atomic E-state index is 0.0354. The molecule has 0 fully saturated rings. The number of nitrogens with one attached hydrogen (secondary N) is 1. The van der Waals surface area contributed by atoms with Gasteiger partial charge in [-0.15, -0.1) is 0 Å². The van der Waals surface area contributed by atoms with E-state index in [-0.39, 0.29) is 18.5 Å². The Hall–Kier alpha value is -1.66. The summed E-state index contributed by atoms with van der Waals surface area (Å²) in [6, 6.07) is -0.651. The van der Waals surface area contributed by atoms with Crippen LogP contribution >= 0.6 is 0 Å². The van der Waals surface area contributed by atoms with Gasteiger partial charge < -0.3 is 20.3 Å². The quantitative estimate of drug-likeness (QED) is 0.0324. The van der Waals surface area contributed by atoms with E-state index in [0.717, 1.165) is 77.0 Å². The van der Waals surface area contributed by atoms with Crippen LogP contribution in [0.2, 0.25) is 0 Å². The first-order chi connectivity index (χ1) is 28.0. The van der Waals surface area contributed by atoms with Gasteiger partial charge in [0.15, 0.2) is 0 Å². The van der Waals surface area contributed by atoms with Crippen LogP contribution in [0.25, 0.3) is 0 Å². The Morgan fingerprint density at radius 1 is 0.474 bits per heavy atom. The van der Waals surface area contributed by atoms with Gasteiger partial charge in [0.1, 0.15) is 0 Å². The molecule has 0 saturated heterocycles. The summed E-state index contributed by atoms with van der Waals surface area (Å²) < 4.78 is 5.44. The van der Waals surface area contributed by atoms with E-state index in [1.807, 2.05) is 6.08 Å². The summed E-state index contributed by atoms with van der Waals surface area (Å²) >= 11 is 0. The van der Waals surface area contributed by atoms with Gasteiger partial charge in [-0.3, -0.25) is 9.59 Å². The zero-order valence-electron chi connectivity index (χ0n) is 38.1. The third-order valence-electron chi connectivity index (χ3n) is 11.5. The van der Waals surface area contributed by atoms with Crippen molar-refractivity contribution >= 4 is 11.9 Å². The molecule has 0 aliphatic heterocycles. The largest absolute Gasteiger partial charge is 0.466 e. The topological polar surface area (TPSA) is 95.9 Å². The highest BCUT2D eigenvalue weighted by Crippen LogP contribution is 2.16. The second kappa shape index (κ2) is 47.0. The lowest BCUT2D eigenvalue weighted by molar-refractivity contribution is -0.143. The SMILES string of the molecule is CCCCCCCCCCCCCC/C=C/C(O)C(CO)NC(=O)CCCCCC/C=C\CCCCOC(=O)CCCCCCCCCCCCCCCCCC. The predicted molar refractivity (Wildman–Crippen MR) is 246 cm³/mol. The van der Waals surface area contributed by atoms with Gasteiger partial charge in [0.05, 0.1) is 25.4 Å². The van der Waals surface area contributed by atoms with E-state index in [2.05, 4.69) is 31.3 Å². The molecule has 3 N–H and O–H groups in total. The summed E-state index contributed by atoms with van der Waals surface area (Å²) in [5.74, 6) is -0.139. The normalized spacial score (nSPS) is 12.8. The lowest BCUT2D eigenvalue weighted by Gasteiger charge is -2.20. The second-order valence-electron chi connectivity index (χ2n) is 17.1. The van der Waals surface area contributed by atoms with Crippen LogP contribution in [-0.4, -0.2) is 47.4 Å². The summed E-state index contributed by atoms with van der Waals surface area (Å²) in [7, 11) is 0. The smallest absolute Gasteiger partial charge is 0.305 e. The molecule has 57 heavy (non-hydrogen) atoms. The summed E-state index contributed by atoms with van der Waals surface area (Å²) in [6.07, 6.45) is 54.6. The van der Waals surface area contributed by atoms with Gasteiger partial charge in [0.25, 0.3) is 0 Å². The molecule has 2 atom stereocenters. The van der Waals surface area contributed by atoms with Crippen LogP contribution in [0.5, 0.6) is 0 Å². The molecular formula is C51H97NO5. The molecule has 0 radical (unpaired) electrons. The number of unbranched alkanes of at least 4 members (excludes halogenated alkanes) is 33. The monoisotopic (exact) mass is 804 g/mol. The first kappa shape index (κ1) is 55.3. The number of esters is 1. The molecule has 0 aromatic heterocycles. The number of carbonyl (C=O) groups excluding carboxylic acids is 2. The number of ether oxygens (including phenoxy) is 1. The average molecular weight is 804 g/mol. The maximum Gasteiger partial charge on any atom is 0.305 e. The molecule has 0 spiro atoms. The molecule has 1 amide bonds. The van der Waals surface area contributed by atoms with Crippen LogP contribution in [0.4, 0.5) is 0 Å². The van der Waals surface area contributed by atoms with Crippen molar-refractivity contribution in [2.24, 2.45) is 0 Å². The number of allylic oxidation sites excluding steroid dienone is 3.